The molecule has 0 bridgehead atoms. The summed E-state index contributed by atoms with van der Waals surface area (Å²) in [6.45, 7) is 0. The zero-order valence-corrected chi connectivity index (χ0v) is 14.8. The maximum absolute atomic E-state index is 14.2. The quantitative estimate of drug-likeness (QED) is 0.485. The third-order valence-electron chi connectivity index (χ3n) is 3.41. The van der Waals surface area contributed by atoms with Gasteiger partial charge in [0.15, 0.2) is 34.6 Å². The van der Waals surface area contributed by atoms with Gasteiger partial charge >= 0.3 is 0 Å². The molecule has 0 aliphatic rings. The van der Waals surface area contributed by atoms with E-state index in [-0.39, 0.29) is 45.1 Å². The van der Waals surface area contributed by atoms with E-state index < -0.39 is 28.0 Å². The van der Waals surface area contributed by atoms with Crippen molar-refractivity contribution in [3.05, 3.63) is 58.3 Å². The third kappa shape index (κ3) is 3.49. The van der Waals surface area contributed by atoms with Gasteiger partial charge in [0, 0.05) is 17.5 Å². The highest BCUT2D eigenvalue weighted by molar-refractivity contribution is 8.93. The van der Waals surface area contributed by atoms with Crippen LogP contribution in [0.5, 0.6) is 23.0 Å². The predicted octanol–water partition coefficient (Wildman–Crippen LogP) is 4.51. The molecule has 7 nitrogen and oxygen atoms in total. The topological polar surface area (TPSA) is 94.7 Å². The number of phenols is 1. The first-order valence-electron chi connectivity index (χ1n) is 6.87. The Labute approximate surface area is 155 Å². The lowest BCUT2D eigenvalue weighted by Crippen LogP contribution is -1.96. The molecule has 1 heterocycles. The number of pyridine rings is 1. The van der Waals surface area contributed by atoms with Crippen molar-refractivity contribution in [3.8, 4) is 23.0 Å². The molecule has 0 unspecified atom stereocenters. The second-order valence-electron chi connectivity index (χ2n) is 4.95. The monoisotopic (exact) mass is 428 g/mol. The zero-order valence-electron chi connectivity index (χ0n) is 13.1. The minimum absolute atomic E-state index is 0. The number of rotatable bonds is 4. The number of hydrogen-bond acceptors (Lipinski definition) is 6. The Morgan fingerprint density at radius 2 is 1.88 bits per heavy atom. The molecule has 0 spiro atoms. The fourth-order valence-electron chi connectivity index (χ4n) is 2.22. The molecule has 26 heavy (non-hydrogen) atoms. The summed E-state index contributed by atoms with van der Waals surface area (Å²) in [7, 11) is 1.31. The second-order valence-corrected chi connectivity index (χ2v) is 4.95. The van der Waals surface area contributed by atoms with Crippen LogP contribution >= 0.6 is 17.0 Å². The van der Waals surface area contributed by atoms with Gasteiger partial charge in [-0.3, -0.25) is 15.1 Å². The lowest BCUT2D eigenvalue weighted by atomic mass is 10.1. The standard InChI is InChI=1S/C16H10F2N2O5.BrH/c1-24-15-5-9-12(6-13(15)21)19-7-11(18)16(9)25-14-3-2-8(20(22)23)4-10(14)17;/h2-7,21H,1H3;1H. The van der Waals surface area contributed by atoms with Crippen LogP contribution in [0.3, 0.4) is 0 Å². The number of halogens is 3. The van der Waals surface area contributed by atoms with Crippen LogP contribution in [0.1, 0.15) is 0 Å². The van der Waals surface area contributed by atoms with E-state index in [4.69, 9.17) is 9.47 Å². The van der Waals surface area contributed by atoms with Crippen molar-refractivity contribution in [2.75, 3.05) is 7.11 Å². The van der Waals surface area contributed by atoms with E-state index in [0.717, 1.165) is 18.3 Å². The van der Waals surface area contributed by atoms with Crippen molar-refractivity contribution in [1.82, 2.24) is 4.98 Å². The smallest absolute Gasteiger partial charge is 0.272 e. The highest BCUT2D eigenvalue weighted by atomic mass is 79.9. The molecule has 10 heteroatoms. The lowest BCUT2D eigenvalue weighted by molar-refractivity contribution is -0.385. The van der Waals surface area contributed by atoms with Crippen LogP contribution in [-0.4, -0.2) is 22.1 Å². The molecular weight excluding hydrogens is 418 g/mol. The summed E-state index contributed by atoms with van der Waals surface area (Å²) < 4.78 is 38.4. The Morgan fingerprint density at radius 3 is 2.50 bits per heavy atom. The molecule has 0 aliphatic heterocycles. The number of fused-ring (bicyclic) bond motifs is 1. The van der Waals surface area contributed by atoms with Gasteiger partial charge in [0.1, 0.15) is 0 Å². The normalized spacial score (nSPS) is 10.3. The highest BCUT2D eigenvalue weighted by Gasteiger charge is 2.18. The molecule has 1 N–H and O–H groups in total. The molecule has 0 saturated carbocycles. The number of ether oxygens (including phenoxy) is 2. The van der Waals surface area contributed by atoms with Gasteiger partial charge in [-0.05, 0) is 12.1 Å². The van der Waals surface area contributed by atoms with Crippen molar-refractivity contribution >= 4 is 33.6 Å². The highest BCUT2D eigenvalue weighted by Crippen LogP contribution is 2.38. The Bertz CT molecular complexity index is 1000. The Hall–Kier alpha value is -3.01. The number of methoxy groups -OCH3 is 1. The third-order valence-corrected chi connectivity index (χ3v) is 3.41. The van der Waals surface area contributed by atoms with Gasteiger partial charge in [0.05, 0.1) is 29.8 Å². The van der Waals surface area contributed by atoms with E-state index in [2.05, 4.69) is 4.98 Å². The summed E-state index contributed by atoms with van der Waals surface area (Å²) in [6.07, 6.45) is 0.854. The van der Waals surface area contributed by atoms with Crippen LogP contribution in [0.25, 0.3) is 10.9 Å². The SMILES string of the molecule is Br.COc1cc2c(Oc3ccc([N+](=O)[O-])cc3F)c(F)cnc2cc1O. The van der Waals surface area contributed by atoms with E-state index in [1.54, 1.807) is 0 Å². The van der Waals surface area contributed by atoms with Crippen molar-refractivity contribution in [2.45, 2.75) is 0 Å². The average Bonchev–Trinajstić information content (AvgIpc) is 2.58. The average molecular weight is 429 g/mol. The van der Waals surface area contributed by atoms with Gasteiger partial charge in [-0.2, -0.15) is 0 Å². The number of benzene rings is 2. The molecule has 0 aliphatic carbocycles. The fraction of sp³-hybridized carbons (Fsp3) is 0.0625. The zero-order chi connectivity index (χ0) is 18.1. The molecule has 3 aromatic rings. The fourth-order valence-corrected chi connectivity index (χ4v) is 2.22. The van der Waals surface area contributed by atoms with Crippen molar-refractivity contribution in [1.29, 1.82) is 0 Å². The van der Waals surface area contributed by atoms with E-state index in [1.807, 2.05) is 0 Å². The number of nitrogens with zero attached hydrogens (tertiary/aromatic N) is 2. The molecule has 0 fully saturated rings. The van der Waals surface area contributed by atoms with Crippen LogP contribution in [-0.2, 0) is 0 Å². The molecule has 3 rings (SSSR count). The number of non-ortho nitro benzene ring substituents is 1. The van der Waals surface area contributed by atoms with Gasteiger partial charge < -0.3 is 14.6 Å². The van der Waals surface area contributed by atoms with Gasteiger partial charge in [0.2, 0.25) is 0 Å². The first kappa shape index (κ1) is 19.3. The van der Waals surface area contributed by atoms with Crippen molar-refractivity contribution in [3.63, 3.8) is 0 Å². The molecule has 2 aromatic carbocycles. The molecular formula is C16H11BrF2N2O5. The number of hydrogen-bond donors (Lipinski definition) is 1. The van der Waals surface area contributed by atoms with Gasteiger partial charge in [0.25, 0.3) is 5.69 Å². The van der Waals surface area contributed by atoms with Crippen molar-refractivity contribution in [2.24, 2.45) is 0 Å². The van der Waals surface area contributed by atoms with E-state index in [1.165, 1.54) is 19.2 Å². The Balaban J connectivity index is 0.00000243. The number of phenolic OH excluding ortho intramolecular Hbond substituents is 1. The lowest BCUT2D eigenvalue weighted by Gasteiger charge is -2.12. The summed E-state index contributed by atoms with van der Waals surface area (Å²) in [5.74, 6) is -2.81. The van der Waals surface area contributed by atoms with E-state index in [9.17, 15) is 24.0 Å². The number of aromatic hydroxyl groups is 1. The van der Waals surface area contributed by atoms with Gasteiger partial charge in [-0.1, -0.05) is 0 Å². The summed E-state index contributed by atoms with van der Waals surface area (Å²) in [4.78, 5) is 13.7. The molecule has 0 saturated heterocycles. The molecule has 0 radical (unpaired) electrons. The largest absolute Gasteiger partial charge is 0.504 e. The molecule has 0 amide bonds. The van der Waals surface area contributed by atoms with Crippen LogP contribution in [0, 0.1) is 21.7 Å². The molecule has 136 valence electrons. The summed E-state index contributed by atoms with van der Waals surface area (Å²) in [5, 5.41) is 20.5. The second kappa shape index (κ2) is 7.48. The van der Waals surface area contributed by atoms with Gasteiger partial charge in [-0.25, -0.2) is 8.78 Å². The van der Waals surface area contributed by atoms with Crippen LogP contribution in [0.15, 0.2) is 36.5 Å². The van der Waals surface area contributed by atoms with Crippen LogP contribution in [0.4, 0.5) is 14.5 Å². The molecule has 0 atom stereocenters. The van der Waals surface area contributed by atoms with Crippen LogP contribution in [0.2, 0.25) is 0 Å². The Kier molecular flexibility index (Phi) is 5.56. The summed E-state index contributed by atoms with van der Waals surface area (Å²) in [6, 6.07) is 5.26. The number of aromatic nitrogens is 1. The van der Waals surface area contributed by atoms with Gasteiger partial charge in [-0.15, -0.1) is 17.0 Å². The van der Waals surface area contributed by atoms with E-state index in [0.29, 0.717) is 6.07 Å². The minimum Gasteiger partial charge on any atom is -0.504 e. The predicted molar refractivity (Wildman–Crippen MR) is 93.4 cm³/mol. The molecule has 1 aromatic heterocycles. The maximum Gasteiger partial charge on any atom is 0.272 e. The first-order chi connectivity index (χ1) is 11.9. The summed E-state index contributed by atoms with van der Waals surface area (Å²) in [5.41, 5.74) is -0.270. The number of nitro groups is 1. The summed E-state index contributed by atoms with van der Waals surface area (Å²) >= 11 is 0. The van der Waals surface area contributed by atoms with Crippen LogP contribution < -0.4 is 9.47 Å². The maximum atomic E-state index is 14.2. The number of nitro benzene ring substituents is 1. The Morgan fingerprint density at radius 1 is 1.15 bits per heavy atom. The van der Waals surface area contributed by atoms with Crippen molar-refractivity contribution < 1.29 is 28.3 Å². The minimum atomic E-state index is -1.02. The first-order valence-corrected chi connectivity index (χ1v) is 6.87. The van der Waals surface area contributed by atoms with E-state index >= 15 is 0 Å².